The van der Waals surface area contributed by atoms with Crippen molar-refractivity contribution in [3.63, 3.8) is 0 Å². The minimum atomic E-state index is -0.886. The summed E-state index contributed by atoms with van der Waals surface area (Å²) in [6.07, 6.45) is 9.74. The summed E-state index contributed by atoms with van der Waals surface area (Å²) in [5, 5.41) is 56.9. The van der Waals surface area contributed by atoms with Gasteiger partial charge in [-0.05, 0) is 276 Å². The molecule has 5 atom stereocenters. The van der Waals surface area contributed by atoms with Crippen molar-refractivity contribution in [3.8, 4) is 22.7 Å². The molecule has 27 heteroatoms. The first-order chi connectivity index (χ1) is 61.7. The molecule has 20 rings (SSSR count). The average Bonchev–Trinajstić information content (AvgIpc) is 1.60. The Morgan fingerprint density at radius 3 is 1.31 bits per heavy atom. The van der Waals surface area contributed by atoms with Crippen molar-refractivity contribution >= 4 is 103 Å². The zero-order valence-electron chi connectivity index (χ0n) is 72.8. The van der Waals surface area contributed by atoms with Crippen LogP contribution in [0.25, 0.3) is 77.4 Å². The molecule has 23 nitrogen and oxygen atoms in total. The van der Waals surface area contributed by atoms with Crippen molar-refractivity contribution in [2.45, 2.75) is 193 Å². The largest absolute Gasteiger partial charge is 0.481 e. The van der Waals surface area contributed by atoms with Crippen LogP contribution in [-0.4, -0.2) is 176 Å². The van der Waals surface area contributed by atoms with E-state index in [2.05, 4.69) is 132 Å². The Bertz CT molecular complexity index is 6520. The van der Waals surface area contributed by atoms with E-state index in [9.17, 15) is 62.0 Å². The molecule has 3 amide bonds. The van der Waals surface area contributed by atoms with Crippen LogP contribution in [0.1, 0.15) is 202 Å². The lowest BCUT2D eigenvalue weighted by Gasteiger charge is -2.26. The van der Waals surface area contributed by atoms with Crippen LogP contribution in [-0.2, 0) is 74.0 Å². The van der Waals surface area contributed by atoms with E-state index >= 15 is 0 Å². The molecule has 1 aliphatic carbocycles. The fourth-order valence-corrected chi connectivity index (χ4v) is 20.0. The smallest absolute Gasteiger partial charge is 0.303 e. The first-order valence-electron chi connectivity index (χ1n) is 44.4. The molecule has 6 aliphatic heterocycles. The first-order valence-corrected chi connectivity index (χ1v) is 44.4. The second-order valence-corrected chi connectivity index (χ2v) is 35.6. The number of likely N-dealkylation sites (tertiary alicyclic amines) is 2. The van der Waals surface area contributed by atoms with Gasteiger partial charge in [-0.2, -0.15) is 15.4 Å². The van der Waals surface area contributed by atoms with E-state index in [1.807, 2.05) is 47.8 Å². The summed E-state index contributed by atoms with van der Waals surface area (Å²) >= 11 is 0. The predicted molar refractivity (Wildman–Crippen MR) is 487 cm³/mol. The van der Waals surface area contributed by atoms with Gasteiger partial charge in [0, 0.05) is 164 Å². The van der Waals surface area contributed by atoms with Crippen molar-refractivity contribution in [2.75, 3.05) is 39.4 Å². The Kier molecular flexibility index (Phi) is 25.3. The lowest BCUT2D eigenvalue weighted by Crippen LogP contribution is -2.44. The van der Waals surface area contributed by atoms with Gasteiger partial charge in [0.1, 0.15) is 40.3 Å². The third kappa shape index (κ3) is 17.7. The van der Waals surface area contributed by atoms with Gasteiger partial charge in [0.05, 0.1) is 60.0 Å². The van der Waals surface area contributed by atoms with Gasteiger partial charge in [0.25, 0.3) is 0 Å². The van der Waals surface area contributed by atoms with E-state index in [4.69, 9.17) is 4.74 Å². The summed E-state index contributed by atoms with van der Waals surface area (Å²) in [6.45, 7) is 19.8. The number of aromatic nitrogens is 7. The number of amides is 3. The van der Waals surface area contributed by atoms with Crippen LogP contribution in [0.2, 0.25) is 0 Å². The van der Waals surface area contributed by atoms with Crippen LogP contribution >= 0.6 is 0 Å². The molecule has 7 aliphatic rings. The number of aryl methyl sites for hydroxylation is 3. The SMILES string of the molecule is CC(=O)N1CC[C@@H](Cc2c(C3CCOCC3)n(-c3ccc(F)cc3)c3cc4c(cc23)CN=C4)C1.CC(C)c1c(CCC(=O)N2C[C@@H](O)[C@H](O)C2)c2cc3c(cc2n1-c1ccc(F)cc1)C=NC3.CC(C)c1c(CCC(=O)N[C@H]2C(=O)CC[C@@H]2O)c2cc3c(cc2n1-c1ccc(F)cc1)C=NC3.CC(C)c1c(CCC(=O)O)c2cc3n[nH]nc3cc2n1-c1ccc(F)cc1. The van der Waals surface area contributed by atoms with Gasteiger partial charge in [0.15, 0.2) is 5.78 Å². The fourth-order valence-electron chi connectivity index (χ4n) is 20.0. The Hall–Kier alpha value is -12.6. The van der Waals surface area contributed by atoms with Crippen LogP contribution < -0.4 is 5.32 Å². The van der Waals surface area contributed by atoms with Gasteiger partial charge in [0.2, 0.25) is 17.7 Å². The molecule has 8 aromatic carbocycles. The highest BCUT2D eigenvalue weighted by atomic mass is 19.1. The summed E-state index contributed by atoms with van der Waals surface area (Å²) < 4.78 is 69.1. The van der Waals surface area contributed by atoms with E-state index in [1.54, 1.807) is 55.5 Å². The monoisotopic (exact) mass is 1740 g/mol. The molecule has 13 aromatic rings. The number of carboxylic acids is 1. The summed E-state index contributed by atoms with van der Waals surface area (Å²) in [7, 11) is 0. The van der Waals surface area contributed by atoms with Crippen molar-refractivity contribution in [1.29, 1.82) is 0 Å². The van der Waals surface area contributed by atoms with Crippen molar-refractivity contribution in [1.82, 2.24) is 48.8 Å². The quantitative estimate of drug-likeness (QED) is 0.0388. The number of rotatable bonds is 20. The molecule has 1 saturated carbocycles. The highest BCUT2D eigenvalue weighted by molar-refractivity contribution is 6.01. The number of aliphatic hydroxyl groups is 3. The minimum absolute atomic E-state index is 0.0408. The molecule has 5 aromatic heterocycles. The molecule has 662 valence electrons. The van der Waals surface area contributed by atoms with Crippen LogP contribution in [0, 0.1) is 29.2 Å². The van der Waals surface area contributed by atoms with Crippen molar-refractivity contribution in [2.24, 2.45) is 20.9 Å². The number of nitrogens with zero attached hydrogens (tertiary/aromatic N) is 11. The molecular weight excluding hydrogens is 1630 g/mol. The molecule has 4 fully saturated rings. The predicted octanol–water partition coefficient (Wildman–Crippen LogP) is 16.5. The van der Waals surface area contributed by atoms with E-state index in [0.717, 1.165) is 187 Å². The van der Waals surface area contributed by atoms with Crippen molar-refractivity contribution < 1.29 is 66.7 Å². The lowest BCUT2D eigenvalue weighted by molar-refractivity contribution is -0.137. The van der Waals surface area contributed by atoms with Gasteiger partial charge in [-0.25, -0.2) is 17.6 Å². The van der Waals surface area contributed by atoms with Crippen LogP contribution in [0.3, 0.4) is 0 Å². The number of carbonyl (C=O) groups excluding carboxylic acids is 4. The van der Waals surface area contributed by atoms with Gasteiger partial charge < -0.3 is 58.5 Å². The summed E-state index contributed by atoms with van der Waals surface area (Å²) in [5.41, 5.74) is 25.1. The van der Waals surface area contributed by atoms with Crippen LogP contribution in [0.4, 0.5) is 17.6 Å². The second-order valence-electron chi connectivity index (χ2n) is 35.6. The van der Waals surface area contributed by atoms with E-state index in [0.29, 0.717) is 57.0 Å². The van der Waals surface area contributed by atoms with Crippen LogP contribution in [0.5, 0.6) is 0 Å². The highest BCUT2D eigenvalue weighted by Crippen LogP contribution is 2.45. The number of aromatic amines is 1. The molecule has 0 unspecified atom stereocenters. The molecule has 128 heavy (non-hydrogen) atoms. The molecule has 11 heterocycles. The summed E-state index contributed by atoms with van der Waals surface area (Å²) in [4.78, 5) is 77.6. The molecular formula is C101H105F4N13O10. The Labute approximate surface area is 737 Å². The summed E-state index contributed by atoms with van der Waals surface area (Å²) in [5.74, 6) is -0.921. The molecule has 0 spiro atoms. The number of aliphatic carboxylic acids is 1. The third-order valence-corrected chi connectivity index (χ3v) is 26.1. The number of carboxylic acid groups (broad SMARTS) is 1. The van der Waals surface area contributed by atoms with Gasteiger partial charge in [-0.3, -0.25) is 38.9 Å². The zero-order chi connectivity index (χ0) is 89.6. The van der Waals surface area contributed by atoms with E-state index in [1.165, 1.54) is 69.1 Å². The molecule has 3 saturated heterocycles. The lowest BCUT2D eigenvalue weighted by atomic mass is 9.88. The van der Waals surface area contributed by atoms with E-state index in [-0.39, 0.29) is 96.9 Å². The maximum Gasteiger partial charge on any atom is 0.303 e. The Balaban J connectivity index is 0.000000120. The molecule has 0 bridgehead atoms. The molecule has 0 radical (unpaired) electrons. The maximum absolute atomic E-state index is 13.9. The summed E-state index contributed by atoms with van der Waals surface area (Å²) in [6, 6.07) is 42.4. The average molecular weight is 1740 g/mol. The normalized spacial score (nSPS) is 18.1. The Morgan fingerprint density at radius 1 is 0.484 bits per heavy atom. The number of ether oxygens (including phenoxy) is 1. The second kappa shape index (κ2) is 37.0. The van der Waals surface area contributed by atoms with E-state index < -0.39 is 30.3 Å². The number of benzene rings is 8. The van der Waals surface area contributed by atoms with Crippen molar-refractivity contribution in [3.05, 3.63) is 247 Å². The van der Waals surface area contributed by atoms with Gasteiger partial charge >= 0.3 is 5.97 Å². The fraction of sp³-hybridized carbons (Fsp3) is 0.366. The number of aliphatic imine (C=N–C) groups is 3. The first kappa shape index (κ1) is 87.5. The number of hydrogen-bond acceptors (Lipinski definition) is 14. The third-order valence-electron chi connectivity index (χ3n) is 26.1. The molecule has 6 N–H and O–H groups in total. The number of Topliss-reactive ketones (excluding diaryl/α,β-unsaturated/α-hetero) is 1. The minimum Gasteiger partial charge on any atom is -0.481 e. The number of halogens is 4. The number of carbonyl (C=O) groups is 5. The van der Waals surface area contributed by atoms with Gasteiger partial charge in [-0.1, -0.05) is 41.5 Å². The zero-order valence-corrected chi connectivity index (χ0v) is 72.8. The number of H-pyrrole nitrogens is 1. The topological polar surface area (TPSA) is 292 Å². The Morgan fingerprint density at radius 2 is 0.891 bits per heavy atom. The number of aliphatic hydroxyl groups excluding tert-OH is 3. The maximum atomic E-state index is 13.9. The van der Waals surface area contributed by atoms with Crippen LogP contribution in [0.15, 0.2) is 161 Å². The number of nitrogens with one attached hydrogen (secondary N) is 2. The standard InChI is InChI=1S/C28H30FN3O2.C27H28FN3O3.C26H28FN3O3.C20H19FN4O2/c1-18(33)31-9-6-19(17-31)12-26-25-13-21-15-30-16-22(21)14-27(25)32(24-4-2-23(29)3-5-24)28(26)20-7-10-34-11-8-20;1-15(2)27-20(7-10-25(34)30-26-23(32)8-9-24(26)33)21-11-16-13-29-14-17(16)12-22(21)31(27)19-5-3-18(28)4-6-19;1-15(2)26-20(7-8-25(33)29-13-23(31)24(32)14-29)21-9-16-11-28-12-17(16)10-22(21)30(26)19-5-3-18(27)4-6-19;1-11(2)20-14(7-8-19(26)27)15-9-16-17(23-24-22-16)10-18(15)25(20)13-5-3-12(21)4-6-13/h2-5,13-14,16,19-20H,6-12,15,17H2,1H3;3-6,11-12,14-15,23,26,32H,7-10,13H2,1-2H3,(H,30,34);3-6,9-10,12,15,23-24,31-32H,7-8,11,13-14H2,1-2H3;3-6,9-11H,7-8H2,1-2H3,(H,26,27)(H,22,23,24)/t19-;23-,26+;23-,24-;/m001./s1. The number of hydrogen-bond donors (Lipinski definition) is 6. The van der Waals surface area contributed by atoms with Gasteiger partial charge in [-0.15, -0.1) is 0 Å². The number of β-amino-alcohol motifs (C(OH)–C–C–N with tert-alkyl or cyclic N) is 2. The number of ketones is 1. The number of fused-ring (bicyclic) bond motifs is 8. The highest BCUT2D eigenvalue weighted by Gasteiger charge is 2.38.